The van der Waals surface area contributed by atoms with E-state index in [1.54, 1.807) is 6.08 Å². The Morgan fingerprint density at radius 3 is 2.52 bits per heavy atom. The average molecular weight is 372 g/mol. The van der Waals surface area contributed by atoms with Crippen molar-refractivity contribution in [3.63, 3.8) is 0 Å². The van der Waals surface area contributed by atoms with Crippen LogP contribution >= 0.6 is 0 Å². The first kappa shape index (κ1) is 18.6. The molecule has 1 spiro atoms. The van der Waals surface area contributed by atoms with Crippen LogP contribution in [0.15, 0.2) is 24.3 Å². The highest BCUT2D eigenvalue weighted by atomic mass is 16.5. The van der Waals surface area contributed by atoms with E-state index >= 15 is 0 Å². The van der Waals surface area contributed by atoms with E-state index in [9.17, 15) is 19.5 Å². The Morgan fingerprint density at radius 1 is 1.22 bits per heavy atom. The molecule has 4 aliphatic carbocycles. The minimum absolute atomic E-state index is 0.0545. The third-order valence-electron chi connectivity index (χ3n) is 8.24. The fourth-order valence-electron chi connectivity index (χ4n) is 6.97. The lowest BCUT2D eigenvalue weighted by molar-refractivity contribution is -0.216. The SMILES string of the molecule is C=C1C(=O)C23C(OC(C)=O)CC4C(C)(C)C(=O)C=CC4(C)C2CCC1C3O. The van der Waals surface area contributed by atoms with E-state index in [4.69, 9.17) is 4.74 Å². The van der Waals surface area contributed by atoms with Gasteiger partial charge in [0.2, 0.25) is 0 Å². The maximum atomic E-state index is 13.4. The Kier molecular flexibility index (Phi) is 3.72. The van der Waals surface area contributed by atoms with Gasteiger partial charge in [0.1, 0.15) is 11.5 Å². The van der Waals surface area contributed by atoms with Gasteiger partial charge in [-0.1, -0.05) is 33.4 Å². The number of allylic oxidation sites excluding steroid dienone is 2. The van der Waals surface area contributed by atoms with Crippen LogP contribution in [0.25, 0.3) is 0 Å². The zero-order valence-corrected chi connectivity index (χ0v) is 16.5. The predicted octanol–water partition coefficient (Wildman–Crippen LogP) is 2.62. The number of ether oxygens (including phenoxy) is 1. The number of aliphatic hydroxyl groups is 1. The average Bonchev–Trinajstić information content (AvgIpc) is 2.69. The zero-order valence-electron chi connectivity index (χ0n) is 16.5. The quantitative estimate of drug-likeness (QED) is 0.565. The molecule has 7 atom stereocenters. The summed E-state index contributed by atoms with van der Waals surface area (Å²) < 4.78 is 5.70. The molecule has 4 aliphatic rings. The molecule has 0 radical (unpaired) electrons. The number of aliphatic hydroxyl groups excluding tert-OH is 1. The molecule has 0 saturated heterocycles. The van der Waals surface area contributed by atoms with Crippen LogP contribution in [0.1, 0.15) is 47.0 Å². The van der Waals surface area contributed by atoms with Crippen molar-refractivity contribution >= 4 is 17.5 Å². The van der Waals surface area contributed by atoms with Crippen LogP contribution in [-0.4, -0.2) is 34.9 Å². The summed E-state index contributed by atoms with van der Waals surface area (Å²) in [5, 5.41) is 11.2. The standard InChI is InChI=1S/C22H28O5/c1-11-13-6-7-14-21(5)9-8-16(24)20(3,4)15(21)10-17(27-12(2)23)22(14,18(11)25)19(13)26/h8-9,13-15,17,19,26H,1,6-7,10H2,2-5H3. The normalized spacial score (nSPS) is 47.4. The zero-order chi connectivity index (χ0) is 19.9. The molecule has 5 nitrogen and oxygen atoms in total. The summed E-state index contributed by atoms with van der Waals surface area (Å²) in [4.78, 5) is 38.0. The smallest absolute Gasteiger partial charge is 0.302 e. The Bertz CT molecular complexity index is 793. The maximum absolute atomic E-state index is 13.4. The van der Waals surface area contributed by atoms with E-state index in [0.717, 1.165) is 6.42 Å². The molecule has 146 valence electrons. The summed E-state index contributed by atoms with van der Waals surface area (Å²) in [5.41, 5.74) is -1.75. The van der Waals surface area contributed by atoms with Gasteiger partial charge in [-0.3, -0.25) is 14.4 Å². The summed E-state index contributed by atoms with van der Waals surface area (Å²) in [7, 11) is 0. The second-order valence-corrected chi connectivity index (χ2v) is 9.64. The van der Waals surface area contributed by atoms with Gasteiger partial charge in [0.25, 0.3) is 0 Å². The highest BCUT2D eigenvalue weighted by Crippen LogP contribution is 2.69. The van der Waals surface area contributed by atoms with Crippen LogP contribution in [0.5, 0.6) is 0 Å². The van der Waals surface area contributed by atoms with Crippen molar-refractivity contribution in [3.05, 3.63) is 24.3 Å². The molecule has 3 saturated carbocycles. The third-order valence-corrected chi connectivity index (χ3v) is 8.24. The second kappa shape index (κ2) is 5.40. The number of rotatable bonds is 1. The molecular weight excluding hydrogens is 344 g/mol. The molecule has 4 rings (SSSR count). The van der Waals surface area contributed by atoms with Crippen LogP contribution in [-0.2, 0) is 19.1 Å². The van der Waals surface area contributed by atoms with Crippen molar-refractivity contribution in [1.29, 1.82) is 0 Å². The number of hydrogen-bond donors (Lipinski definition) is 1. The van der Waals surface area contributed by atoms with E-state index in [1.165, 1.54) is 6.92 Å². The van der Waals surface area contributed by atoms with Gasteiger partial charge in [0.05, 0.1) is 6.10 Å². The summed E-state index contributed by atoms with van der Waals surface area (Å²) in [6.45, 7) is 11.3. The molecule has 27 heavy (non-hydrogen) atoms. The molecule has 0 amide bonds. The molecule has 0 aromatic carbocycles. The molecular formula is C22H28O5. The summed E-state index contributed by atoms with van der Waals surface area (Å²) in [6, 6.07) is 0. The third kappa shape index (κ3) is 2.01. The minimum Gasteiger partial charge on any atom is -0.461 e. The number of carbonyl (C=O) groups is 3. The number of esters is 1. The van der Waals surface area contributed by atoms with E-state index in [0.29, 0.717) is 18.4 Å². The molecule has 3 fully saturated rings. The molecule has 2 bridgehead atoms. The summed E-state index contributed by atoms with van der Waals surface area (Å²) >= 11 is 0. The van der Waals surface area contributed by atoms with Gasteiger partial charge < -0.3 is 9.84 Å². The van der Waals surface area contributed by atoms with Gasteiger partial charge in [0.15, 0.2) is 11.6 Å². The molecule has 0 aromatic heterocycles. The van der Waals surface area contributed by atoms with E-state index in [1.807, 2.05) is 19.9 Å². The lowest BCUT2D eigenvalue weighted by Crippen LogP contribution is -2.67. The van der Waals surface area contributed by atoms with Gasteiger partial charge in [0, 0.05) is 18.3 Å². The first-order chi connectivity index (χ1) is 12.5. The Hall–Kier alpha value is -1.75. The minimum atomic E-state index is -1.16. The van der Waals surface area contributed by atoms with Crippen molar-refractivity contribution in [2.24, 2.45) is 34.0 Å². The topological polar surface area (TPSA) is 80.7 Å². The van der Waals surface area contributed by atoms with Crippen LogP contribution in [0, 0.1) is 34.0 Å². The first-order valence-corrected chi connectivity index (χ1v) is 9.81. The van der Waals surface area contributed by atoms with Crippen molar-refractivity contribution in [2.75, 3.05) is 0 Å². The summed E-state index contributed by atoms with van der Waals surface area (Å²) in [6.07, 6.45) is 3.78. The van der Waals surface area contributed by atoms with Crippen molar-refractivity contribution < 1.29 is 24.2 Å². The van der Waals surface area contributed by atoms with Crippen molar-refractivity contribution in [1.82, 2.24) is 0 Å². The second-order valence-electron chi connectivity index (χ2n) is 9.64. The molecule has 7 unspecified atom stereocenters. The van der Waals surface area contributed by atoms with Gasteiger partial charge in [-0.05, 0) is 48.2 Å². The van der Waals surface area contributed by atoms with Crippen LogP contribution in [0.4, 0.5) is 0 Å². The molecule has 0 heterocycles. The largest absolute Gasteiger partial charge is 0.461 e. The fraction of sp³-hybridized carbons (Fsp3) is 0.682. The number of fused-ring (bicyclic) bond motifs is 3. The van der Waals surface area contributed by atoms with E-state index in [2.05, 4.69) is 13.5 Å². The van der Waals surface area contributed by atoms with Crippen LogP contribution < -0.4 is 0 Å². The number of Topliss-reactive ketones (excluding diaryl/α,β-unsaturated/α-hetero) is 1. The van der Waals surface area contributed by atoms with Crippen molar-refractivity contribution in [2.45, 2.75) is 59.2 Å². The van der Waals surface area contributed by atoms with Gasteiger partial charge in [-0.15, -0.1) is 0 Å². The van der Waals surface area contributed by atoms with Gasteiger partial charge in [-0.25, -0.2) is 0 Å². The number of carbonyl (C=O) groups excluding carboxylic acids is 3. The maximum Gasteiger partial charge on any atom is 0.302 e. The first-order valence-electron chi connectivity index (χ1n) is 9.81. The molecule has 0 aliphatic heterocycles. The Balaban J connectivity index is 1.94. The van der Waals surface area contributed by atoms with Gasteiger partial charge in [-0.2, -0.15) is 0 Å². The number of ketones is 2. The predicted molar refractivity (Wildman–Crippen MR) is 98.5 cm³/mol. The lowest BCUT2D eigenvalue weighted by Gasteiger charge is -2.63. The van der Waals surface area contributed by atoms with E-state index in [-0.39, 0.29) is 29.3 Å². The number of hydrogen-bond acceptors (Lipinski definition) is 5. The fourth-order valence-corrected chi connectivity index (χ4v) is 6.97. The summed E-state index contributed by atoms with van der Waals surface area (Å²) in [5.74, 6) is -1.11. The van der Waals surface area contributed by atoms with E-state index < -0.39 is 34.4 Å². The van der Waals surface area contributed by atoms with Crippen LogP contribution in [0.3, 0.4) is 0 Å². The van der Waals surface area contributed by atoms with Crippen molar-refractivity contribution in [3.8, 4) is 0 Å². The Morgan fingerprint density at radius 2 is 1.89 bits per heavy atom. The molecule has 5 heteroatoms. The molecule has 1 N–H and O–H groups in total. The Labute approximate surface area is 159 Å². The monoisotopic (exact) mass is 372 g/mol. The highest BCUT2D eigenvalue weighted by Gasteiger charge is 2.74. The van der Waals surface area contributed by atoms with Crippen LogP contribution in [0.2, 0.25) is 0 Å². The molecule has 0 aromatic rings. The van der Waals surface area contributed by atoms with Gasteiger partial charge >= 0.3 is 5.97 Å². The lowest BCUT2D eigenvalue weighted by atomic mass is 9.41. The highest BCUT2D eigenvalue weighted by molar-refractivity contribution is 6.05.